The minimum atomic E-state index is -1.02. The number of esters is 1. The number of nitrogens with one attached hydrogen (secondary N) is 1. The minimum absolute atomic E-state index is 0.0535. The summed E-state index contributed by atoms with van der Waals surface area (Å²) in [4.78, 5) is 42.2. The standard InChI is InChI=1S/C35H38N2O8S/c1-41-22-17-31(42-2)27(32(18-22)43-3)19-37-30(34(39)44-4)21-46-16-10-9-15-29(33(37)38)36-35(40)45-20-28-25-13-7-5-11-23(25)24-12-6-8-14-26(24)28/h5-14,17-18,28-30H,15-16,19-21H2,1-4H3,(H,36,40)/b10-9-/t29-,30-/m0/s1. The third kappa shape index (κ3) is 6.94. The molecule has 3 aromatic rings. The molecule has 0 fully saturated rings. The van der Waals surface area contributed by atoms with Gasteiger partial charge < -0.3 is 33.9 Å². The number of amides is 2. The number of ether oxygens (including phenoxy) is 5. The fourth-order valence-corrected chi connectivity index (χ4v) is 6.87. The van der Waals surface area contributed by atoms with Gasteiger partial charge in [-0.05, 0) is 28.7 Å². The van der Waals surface area contributed by atoms with Crippen LogP contribution in [-0.2, 0) is 25.6 Å². The molecule has 0 saturated carbocycles. The van der Waals surface area contributed by atoms with Gasteiger partial charge >= 0.3 is 12.1 Å². The summed E-state index contributed by atoms with van der Waals surface area (Å²) < 4.78 is 27.6. The number of methoxy groups -OCH3 is 4. The molecular formula is C35H38N2O8S. The zero-order valence-electron chi connectivity index (χ0n) is 26.3. The van der Waals surface area contributed by atoms with Crippen LogP contribution in [0.4, 0.5) is 4.79 Å². The first kappa shape index (κ1) is 32.7. The molecule has 2 atom stereocenters. The molecule has 242 valence electrons. The Morgan fingerprint density at radius 3 is 2.11 bits per heavy atom. The SMILES string of the molecule is COC(=O)[C@@H]1CSC/C=C\C[C@H](NC(=O)OCC2c3ccccc3-c3ccccc32)C(=O)N1Cc1c(OC)cc(OC)cc1OC. The molecule has 1 aliphatic carbocycles. The summed E-state index contributed by atoms with van der Waals surface area (Å²) in [5.74, 6) is 1.04. The van der Waals surface area contributed by atoms with Crippen molar-refractivity contribution in [3.8, 4) is 28.4 Å². The fraction of sp³-hybridized carbons (Fsp3) is 0.343. The molecule has 2 amide bonds. The maximum Gasteiger partial charge on any atom is 0.407 e. The van der Waals surface area contributed by atoms with Crippen molar-refractivity contribution in [2.45, 2.75) is 31.0 Å². The van der Waals surface area contributed by atoms with Gasteiger partial charge in [0.05, 0.1) is 40.5 Å². The Balaban J connectivity index is 1.41. The number of rotatable bonds is 9. The van der Waals surface area contributed by atoms with Gasteiger partial charge in [0, 0.05) is 29.6 Å². The molecule has 1 heterocycles. The zero-order chi connectivity index (χ0) is 32.6. The summed E-state index contributed by atoms with van der Waals surface area (Å²) in [5.41, 5.74) is 4.94. The van der Waals surface area contributed by atoms with E-state index in [0.717, 1.165) is 22.3 Å². The van der Waals surface area contributed by atoms with Crippen LogP contribution in [0.2, 0.25) is 0 Å². The van der Waals surface area contributed by atoms with Crippen LogP contribution in [0.25, 0.3) is 11.1 Å². The van der Waals surface area contributed by atoms with Crippen molar-refractivity contribution in [3.63, 3.8) is 0 Å². The monoisotopic (exact) mass is 646 g/mol. The maximum absolute atomic E-state index is 14.3. The molecule has 5 rings (SSSR count). The summed E-state index contributed by atoms with van der Waals surface area (Å²) in [6.07, 6.45) is 3.24. The lowest BCUT2D eigenvalue weighted by atomic mass is 9.98. The largest absolute Gasteiger partial charge is 0.496 e. The smallest absolute Gasteiger partial charge is 0.407 e. The number of thioether (sulfide) groups is 1. The maximum atomic E-state index is 14.3. The van der Waals surface area contributed by atoms with E-state index in [2.05, 4.69) is 17.4 Å². The molecule has 1 aliphatic heterocycles. The molecule has 0 saturated heterocycles. The molecular weight excluding hydrogens is 608 g/mol. The van der Waals surface area contributed by atoms with Gasteiger partial charge in [0.15, 0.2) is 0 Å². The van der Waals surface area contributed by atoms with E-state index in [1.54, 1.807) is 12.1 Å². The lowest BCUT2D eigenvalue weighted by Crippen LogP contribution is -2.54. The molecule has 46 heavy (non-hydrogen) atoms. The van der Waals surface area contributed by atoms with Crippen LogP contribution < -0.4 is 19.5 Å². The van der Waals surface area contributed by atoms with E-state index in [1.165, 1.54) is 45.1 Å². The molecule has 0 unspecified atom stereocenters. The number of nitrogens with zero attached hydrogens (tertiary/aromatic N) is 1. The Hall–Kier alpha value is -4.64. The third-order valence-corrected chi connectivity index (χ3v) is 9.22. The van der Waals surface area contributed by atoms with Gasteiger partial charge in [-0.2, -0.15) is 11.8 Å². The van der Waals surface area contributed by atoms with Crippen LogP contribution >= 0.6 is 11.8 Å². The number of fused-ring (bicyclic) bond motifs is 3. The van der Waals surface area contributed by atoms with Crippen LogP contribution in [0.3, 0.4) is 0 Å². The van der Waals surface area contributed by atoms with Crippen LogP contribution in [0.5, 0.6) is 17.2 Å². The van der Waals surface area contributed by atoms with Crippen molar-refractivity contribution in [1.29, 1.82) is 0 Å². The molecule has 1 N–H and O–H groups in total. The molecule has 0 spiro atoms. The lowest BCUT2D eigenvalue weighted by molar-refractivity contribution is -0.153. The summed E-state index contributed by atoms with van der Waals surface area (Å²) in [6, 6.07) is 17.5. The van der Waals surface area contributed by atoms with Gasteiger partial charge in [0.2, 0.25) is 5.91 Å². The highest BCUT2D eigenvalue weighted by Crippen LogP contribution is 2.44. The number of hydrogen-bond acceptors (Lipinski definition) is 9. The average molecular weight is 647 g/mol. The highest BCUT2D eigenvalue weighted by molar-refractivity contribution is 7.99. The number of hydrogen-bond donors (Lipinski definition) is 1. The van der Waals surface area contributed by atoms with E-state index in [0.29, 0.717) is 28.6 Å². The zero-order valence-corrected chi connectivity index (χ0v) is 27.1. The number of carbonyl (C=O) groups excluding carboxylic acids is 3. The van der Waals surface area contributed by atoms with Gasteiger partial charge in [-0.1, -0.05) is 60.7 Å². The van der Waals surface area contributed by atoms with Crippen LogP contribution in [-0.4, -0.2) is 81.5 Å². The van der Waals surface area contributed by atoms with Gasteiger partial charge in [0.25, 0.3) is 0 Å². The average Bonchev–Trinajstić information content (AvgIpc) is 3.41. The topological polar surface area (TPSA) is 113 Å². The van der Waals surface area contributed by atoms with Crippen molar-refractivity contribution in [2.75, 3.05) is 46.6 Å². The van der Waals surface area contributed by atoms with E-state index in [1.807, 2.05) is 48.6 Å². The molecule has 11 heteroatoms. The highest BCUT2D eigenvalue weighted by atomic mass is 32.2. The lowest BCUT2D eigenvalue weighted by Gasteiger charge is -2.34. The highest BCUT2D eigenvalue weighted by Gasteiger charge is 2.37. The first-order valence-electron chi connectivity index (χ1n) is 14.9. The second-order valence-corrected chi connectivity index (χ2v) is 11.9. The Kier molecular flexibility index (Phi) is 10.7. The first-order chi connectivity index (χ1) is 22.4. The molecule has 0 radical (unpaired) electrons. The number of carbonyl (C=O) groups is 3. The summed E-state index contributed by atoms with van der Waals surface area (Å²) >= 11 is 1.50. The summed E-state index contributed by atoms with van der Waals surface area (Å²) in [7, 11) is 5.82. The third-order valence-electron chi connectivity index (χ3n) is 8.24. The minimum Gasteiger partial charge on any atom is -0.496 e. The van der Waals surface area contributed by atoms with Crippen LogP contribution in [0.15, 0.2) is 72.8 Å². The molecule has 0 bridgehead atoms. The molecule has 10 nitrogen and oxygen atoms in total. The van der Waals surface area contributed by atoms with Gasteiger partial charge in [-0.25, -0.2) is 9.59 Å². The predicted octanol–water partition coefficient (Wildman–Crippen LogP) is 5.18. The van der Waals surface area contributed by atoms with Gasteiger partial charge in [-0.15, -0.1) is 0 Å². The van der Waals surface area contributed by atoms with Crippen molar-refractivity contribution >= 4 is 29.7 Å². The van der Waals surface area contributed by atoms with Gasteiger partial charge in [-0.3, -0.25) is 4.79 Å². The van der Waals surface area contributed by atoms with Crippen molar-refractivity contribution in [1.82, 2.24) is 10.2 Å². The Morgan fingerprint density at radius 2 is 1.52 bits per heavy atom. The second kappa shape index (κ2) is 15.1. The van der Waals surface area contributed by atoms with E-state index in [4.69, 9.17) is 23.7 Å². The molecule has 3 aromatic carbocycles. The summed E-state index contributed by atoms with van der Waals surface area (Å²) in [6.45, 7) is 0.0457. The van der Waals surface area contributed by atoms with Crippen molar-refractivity contribution in [2.24, 2.45) is 0 Å². The second-order valence-electron chi connectivity index (χ2n) is 10.8. The first-order valence-corrected chi connectivity index (χ1v) is 16.1. The fourth-order valence-electron chi connectivity index (χ4n) is 5.92. The van der Waals surface area contributed by atoms with E-state index in [9.17, 15) is 14.4 Å². The van der Waals surface area contributed by atoms with Crippen molar-refractivity contribution in [3.05, 3.63) is 89.5 Å². The molecule has 0 aromatic heterocycles. The Labute approximate surface area is 273 Å². The summed E-state index contributed by atoms with van der Waals surface area (Å²) in [5, 5.41) is 2.78. The quantitative estimate of drug-likeness (QED) is 0.248. The Bertz CT molecular complexity index is 1540. The van der Waals surface area contributed by atoms with E-state index >= 15 is 0 Å². The predicted molar refractivity (Wildman–Crippen MR) is 176 cm³/mol. The Morgan fingerprint density at radius 1 is 0.891 bits per heavy atom. The normalized spacial score (nSPS) is 18.5. The molecule has 2 aliphatic rings. The van der Waals surface area contributed by atoms with Crippen LogP contribution in [0.1, 0.15) is 29.0 Å². The van der Waals surface area contributed by atoms with Gasteiger partial charge in [0.1, 0.15) is 35.9 Å². The van der Waals surface area contributed by atoms with E-state index < -0.39 is 30.1 Å². The number of benzene rings is 3. The van der Waals surface area contributed by atoms with E-state index in [-0.39, 0.29) is 31.2 Å². The number of alkyl carbamates (subject to hydrolysis) is 1. The van der Waals surface area contributed by atoms with Crippen LogP contribution in [0, 0.1) is 0 Å². The van der Waals surface area contributed by atoms with Crippen molar-refractivity contribution < 1.29 is 38.1 Å².